The largest absolute Gasteiger partial charge is 0.467 e. The van der Waals surface area contributed by atoms with Crippen LogP contribution in [0.1, 0.15) is 18.4 Å². The fourth-order valence-electron chi connectivity index (χ4n) is 2.74. The maximum atomic E-state index is 12.5. The zero-order valence-electron chi connectivity index (χ0n) is 14.8. The predicted octanol–water partition coefficient (Wildman–Crippen LogP) is 1.86. The smallest absolute Gasteiger partial charge is 0.410 e. The van der Waals surface area contributed by atoms with Crippen LogP contribution in [-0.2, 0) is 25.7 Å². The minimum absolute atomic E-state index is 0.0485. The van der Waals surface area contributed by atoms with Gasteiger partial charge in [0.2, 0.25) is 5.91 Å². The lowest BCUT2D eigenvalue weighted by Crippen LogP contribution is -2.52. The Labute approximate surface area is 160 Å². The molecular weight excluding hydrogens is 374 g/mol. The van der Waals surface area contributed by atoms with Crippen LogP contribution in [0.2, 0.25) is 0 Å². The van der Waals surface area contributed by atoms with E-state index in [0.29, 0.717) is 31.3 Å². The van der Waals surface area contributed by atoms with Crippen molar-refractivity contribution in [2.45, 2.75) is 31.5 Å². The highest BCUT2D eigenvalue weighted by Crippen LogP contribution is 2.19. The van der Waals surface area contributed by atoms with Crippen molar-refractivity contribution in [1.82, 2.24) is 10.2 Å². The third kappa shape index (κ3) is 5.95. The molecule has 1 heterocycles. The summed E-state index contributed by atoms with van der Waals surface area (Å²) in [5, 5.41) is 2.52. The third-order valence-electron chi connectivity index (χ3n) is 4.09. The van der Waals surface area contributed by atoms with E-state index in [0.717, 1.165) is 5.56 Å². The van der Waals surface area contributed by atoms with Crippen molar-refractivity contribution in [1.29, 1.82) is 0 Å². The highest BCUT2D eigenvalue weighted by atomic mass is 32.2. The number of carbonyl (C=O) groups is 3. The molecule has 1 fully saturated rings. The number of benzene rings is 1. The number of hydrogen-bond donors (Lipinski definition) is 1. The Morgan fingerprint density at radius 1 is 1.33 bits per heavy atom. The highest BCUT2D eigenvalue weighted by molar-refractivity contribution is 7.97. The normalized spacial score (nSPS) is 17.1. The van der Waals surface area contributed by atoms with Crippen molar-refractivity contribution in [2.75, 3.05) is 19.4 Å². The predicted molar refractivity (Wildman–Crippen MR) is 98.6 cm³/mol. The Morgan fingerprint density at radius 2 is 2.07 bits per heavy atom. The van der Waals surface area contributed by atoms with E-state index in [-0.39, 0.29) is 12.4 Å². The summed E-state index contributed by atoms with van der Waals surface area (Å²) in [6.45, 7) is 0.496. The van der Waals surface area contributed by atoms with E-state index in [1.807, 2.05) is 30.3 Å². The first-order valence-electron chi connectivity index (χ1n) is 8.37. The summed E-state index contributed by atoms with van der Waals surface area (Å²) in [6.07, 6.45) is 0.515. The lowest BCUT2D eigenvalue weighted by atomic mass is 10.2. The van der Waals surface area contributed by atoms with E-state index in [9.17, 15) is 19.3 Å². The molecule has 146 valence electrons. The van der Waals surface area contributed by atoms with Gasteiger partial charge in [-0.15, -0.1) is 4.91 Å². The van der Waals surface area contributed by atoms with Gasteiger partial charge in [-0.1, -0.05) is 30.3 Å². The molecule has 1 N–H and O–H groups in total. The van der Waals surface area contributed by atoms with Crippen molar-refractivity contribution < 1.29 is 23.9 Å². The van der Waals surface area contributed by atoms with Gasteiger partial charge in [-0.2, -0.15) is 0 Å². The number of nitrogens with one attached hydrogen (secondary N) is 1. The molecule has 0 bridgehead atoms. The number of nitrogens with zero attached hydrogens (tertiary/aromatic N) is 2. The van der Waals surface area contributed by atoms with Crippen molar-refractivity contribution in [3.05, 3.63) is 40.8 Å². The first-order chi connectivity index (χ1) is 13.1. The average molecular weight is 395 g/mol. The number of rotatable bonds is 8. The molecule has 0 radical (unpaired) electrons. The summed E-state index contributed by atoms with van der Waals surface area (Å²) in [5.41, 5.74) is 0.843. The molecular formula is C17H21N3O6S. The SMILES string of the molecule is COC(=O)[C@H](CSN=O)NC(=O)[C@@H]1CCCN1C(=O)OCc1ccccc1. The zero-order valence-corrected chi connectivity index (χ0v) is 15.6. The molecule has 2 atom stereocenters. The van der Waals surface area contributed by atoms with E-state index in [4.69, 9.17) is 4.74 Å². The van der Waals surface area contributed by atoms with Crippen molar-refractivity contribution in [3.8, 4) is 0 Å². The van der Waals surface area contributed by atoms with Gasteiger partial charge in [0.1, 0.15) is 18.7 Å². The Kier molecular flexibility index (Phi) is 8.05. The van der Waals surface area contributed by atoms with Crippen LogP contribution in [0.25, 0.3) is 0 Å². The Bertz CT molecular complexity index is 672. The Balaban J connectivity index is 1.94. The molecule has 0 saturated carbocycles. The lowest BCUT2D eigenvalue weighted by Gasteiger charge is -2.25. The van der Waals surface area contributed by atoms with Crippen molar-refractivity contribution in [2.24, 2.45) is 4.58 Å². The highest BCUT2D eigenvalue weighted by Gasteiger charge is 2.37. The molecule has 0 aliphatic carbocycles. The van der Waals surface area contributed by atoms with Gasteiger partial charge in [0.25, 0.3) is 0 Å². The molecule has 1 aliphatic rings. The summed E-state index contributed by atoms with van der Waals surface area (Å²) >= 11 is 0.606. The summed E-state index contributed by atoms with van der Waals surface area (Å²) in [4.78, 5) is 48.3. The van der Waals surface area contributed by atoms with Crippen LogP contribution in [0, 0.1) is 4.91 Å². The monoisotopic (exact) mass is 395 g/mol. The second-order valence-electron chi connectivity index (χ2n) is 5.85. The fourth-order valence-corrected chi connectivity index (χ4v) is 3.17. The number of nitroso groups, excluding NO2 is 1. The third-order valence-corrected chi connectivity index (χ3v) is 4.68. The summed E-state index contributed by atoms with van der Waals surface area (Å²) in [5.74, 6) is -1.23. The first-order valence-corrected chi connectivity index (χ1v) is 9.31. The molecule has 0 unspecified atom stereocenters. The molecule has 1 aromatic carbocycles. The second-order valence-corrected chi connectivity index (χ2v) is 6.59. The van der Waals surface area contributed by atoms with E-state index in [2.05, 4.69) is 14.6 Å². The van der Waals surface area contributed by atoms with Gasteiger partial charge in [0.05, 0.1) is 7.11 Å². The summed E-state index contributed by atoms with van der Waals surface area (Å²) < 4.78 is 12.5. The topological polar surface area (TPSA) is 114 Å². The molecule has 0 spiro atoms. The number of amides is 2. The molecule has 10 heteroatoms. The minimum atomic E-state index is -1.02. The molecule has 1 saturated heterocycles. The molecule has 1 aliphatic heterocycles. The maximum Gasteiger partial charge on any atom is 0.410 e. The number of ether oxygens (including phenoxy) is 2. The molecule has 1 aromatic rings. The van der Waals surface area contributed by atoms with E-state index < -0.39 is 30.1 Å². The molecule has 2 amide bonds. The number of methoxy groups -OCH3 is 1. The zero-order chi connectivity index (χ0) is 19.6. The Hall–Kier alpha value is -2.62. The average Bonchev–Trinajstić information content (AvgIpc) is 3.19. The summed E-state index contributed by atoms with van der Waals surface area (Å²) in [7, 11) is 1.18. The van der Waals surface area contributed by atoms with E-state index in [1.54, 1.807) is 0 Å². The number of esters is 1. The van der Waals surface area contributed by atoms with Gasteiger partial charge >= 0.3 is 12.1 Å². The van der Waals surface area contributed by atoms with Gasteiger partial charge in [-0.05, 0) is 18.4 Å². The van der Waals surface area contributed by atoms with Crippen LogP contribution < -0.4 is 5.32 Å². The standard InChI is InChI=1S/C17H21N3O6S/c1-25-16(22)13(11-27-19-24)18-15(21)14-8-5-9-20(14)17(23)26-10-12-6-3-2-4-7-12/h2-4,6-7,13-14H,5,8-11H2,1H3,(H,18,21)/t13-,14-/m0/s1. The number of carbonyl (C=O) groups excluding carboxylic acids is 3. The summed E-state index contributed by atoms with van der Waals surface area (Å²) in [6, 6.07) is 7.45. The maximum absolute atomic E-state index is 12.5. The van der Waals surface area contributed by atoms with Crippen LogP contribution in [0.4, 0.5) is 4.79 Å². The molecule has 9 nitrogen and oxygen atoms in total. The van der Waals surface area contributed by atoms with Gasteiger partial charge in [-0.25, -0.2) is 9.59 Å². The second kappa shape index (κ2) is 10.5. The molecule has 2 rings (SSSR count). The van der Waals surface area contributed by atoms with Crippen LogP contribution in [-0.4, -0.2) is 54.4 Å². The van der Waals surface area contributed by atoms with Gasteiger partial charge in [0.15, 0.2) is 0 Å². The Morgan fingerprint density at radius 3 is 2.74 bits per heavy atom. The van der Waals surface area contributed by atoms with Crippen LogP contribution >= 0.6 is 11.9 Å². The fraction of sp³-hybridized carbons (Fsp3) is 0.471. The van der Waals surface area contributed by atoms with Crippen molar-refractivity contribution >= 4 is 29.9 Å². The van der Waals surface area contributed by atoms with E-state index >= 15 is 0 Å². The van der Waals surface area contributed by atoms with Crippen LogP contribution in [0.5, 0.6) is 0 Å². The van der Waals surface area contributed by atoms with Crippen LogP contribution in [0.3, 0.4) is 0 Å². The van der Waals surface area contributed by atoms with Gasteiger partial charge in [-0.3, -0.25) is 9.69 Å². The minimum Gasteiger partial charge on any atom is -0.467 e. The lowest BCUT2D eigenvalue weighted by molar-refractivity contribution is -0.144. The number of likely N-dealkylation sites (tertiary alicyclic amines) is 1. The molecule has 0 aromatic heterocycles. The van der Waals surface area contributed by atoms with Crippen molar-refractivity contribution in [3.63, 3.8) is 0 Å². The quantitative estimate of drug-likeness (QED) is 0.406. The van der Waals surface area contributed by atoms with Gasteiger partial charge < -0.3 is 14.8 Å². The first kappa shape index (κ1) is 20.7. The van der Waals surface area contributed by atoms with E-state index in [1.165, 1.54) is 12.0 Å². The van der Waals surface area contributed by atoms with Crippen LogP contribution in [0.15, 0.2) is 34.9 Å². The van der Waals surface area contributed by atoms with Gasteiger partial charge in [0, 0.05) is 28.8 Å². The number of hydrogen-bond acceptors (Lipinski definition) is 8. The molecule has 27 heavy (non-hydrogen) atoms.